The first kappa shape index (κ1) is 11.6. The summed E-state index contributed by atoms with van der Waals surface area (Å²) >= 11 is 1.69. The highest BCUT2D eigenvalue weighted by molar-refractivity contribution is 7.07. The lowest BCUT2D eigenvalue weighted by Crippen LogP contribution is -2.35. The van der Waals surface area contributed by atoms with Crippen molar-refractivity contribution in [2.24, 2.45) is 0 Å². The lowest BCUT2D eigenvalue weighted by molar-refractivity contribution is 0.255. The van der Waals surface area contributed by atoms with Crippen LogP contribution < -0.4 is 5.32 Å². The zero-order valence-electron chi connectivity index (χ0n) is 10.4. The molecule has 1 aliphatic carbocycles. The molecule has 1 aromatic rings. The SMILES string of the molecule is CC1CC(NCCc2cscn2)CN1C1CC1. The molecule has 3 rings (SSSR count). The number of thiazole rings is 1. The molecule has 1 N–H and O–H groups in total. The summed E-state index contributed by atoms with van der Waals surface area (Å²) < 4.78 is 0. The van der Waals surface area contributed by atoms with Crippen molar-refractivity contribution in [2.45, 2.75) is 50.7 Å². The lowest BCUT2D eigenvalue weighted by atomic mass is 10.2. The highest BCUT2D eigenvalue weighted by Crippen LogP contribution is 2.33. The van der Waals surface area contributed by atoms with Gasteiger partial charge in [0.25, 0.3) is 0 Å². The maximum Gasteiger partial charge on any atom is 0.0794 e. The zero-order valence-corrected chi connectivity index (χ0v) is 11.2. The first-order valence-corrected chi connectivity index (χ1v) is 7.63. The van der Waals surface area contributed by atoms with Gasteiger partial charge in [-0.3, -0.25) is 4.90 Å². The number of likely N-dealkylation sites (tertiary alicyclic amines) is 1. The number of rotatable bonds is 5. The zero-order chi connectivity index (χ0) is 11.7. The van der Waals surface area contributed by atoms with E-state index < -0.39 is 0 Å². The van der Waals surface area contributed by atoms with Crippen LogP contribution in [0.4, 0.5) is 0 Å². The molecule has 0 amide bonds. The van der Waals surface area contributed by atoms with Crippen molar-refractivity contribution in [1.29, 1.82) is 0 Å². The summed E-state index contributed by atoms with van der Waals surface area (Å²) in [6.45, 7) is 4.70. The molecular weight excluding hydrogens is 230 g/mol. The number of nitrogens with zero attached hydrogens (tertiary/aromatic N) is 2. The summed E-state index contributed by atoms with van der Waals surface area (Å²) in [5, 5.41) is 5.83. The van der Waals surface area contributed by atoms with Gasteiger partial charge in [0.1, 0.15) is 0 Å². The van der Waals surface area contributed by atoms with E-state index in [9.17, 15) is 0 Å². The van der Waals surface area contributed by atoms with Crippen LogP contribution in [0, 0.1) is 0 Å². The second kappa shape index (κ2) is 5.04. The number of aromatic nitrogens is 1. The third kappa shape index (κ3) is 2.87. The monoisotopic (exact) mass is 251 g/mol. The Hall–Kier alpha value is -0.450. The van der Waals surface area contributed by atoms with Crippen LogP contribution in [0.1, 0.15) is 31.9 Å². The van der Waals surface area contributed by atoms with Crippen LogP contribution in [-0.2, 0) is 6.42 Å². The molecule has 1 aliphatic heterocycles. The molecule has 1 aromatic heterocycles. The van der Waals surface area contributed by atoms with Crippen molar-refractivity contribution in [3.63, 3.8) is 0 Å². The van der Waals surface area contributed by atoms with Gasteiger partial charge in [0.05, 0.1) is 11.2 Å². The quantitative estimate of drug-likeness (QED) is 0.866. The molecule has 4 heteroatoms. The molecule has 17 heavy (non-hydrogen) atoms. The van der Waals surface area contributed by atoms with Crippen LogP contribution in [0.5, 0.6) is 0 Å². The smallest absolute Gasteiger partial charge is 0.0794 e. The van der Waals surface area contributed by atoms with E-state index in [1.807, 2.05) is 5.51 Å². The molecule has 0 bridgehead atoms. The van der Waals surface area contributed by atoms with E-state index in [-0.39, 0.29) is 0 Å². The molecule has 0 aromatic carbocycles. The second-order valence-corrected chi connectivity index (χ2v) is 6.11. The van der Waals surface area contributed by atoms with Crippen LogP contribution >= 0.6 is 11.3 Å². The molecular formula is C13H21N3S. The second-order valence-electron chi connectivity index (χ2n) is 5.39. The van der Waals surface area contributed by atoms with Gasteiger partial charge < -0.3 is 5.32 Å². The Morgan fingerprint density at radius 3 is 3.12 bits per heavy atom. The Balaban J connectivity index is 1.41. The summed E-state index contributed by atoms with van der Waals surface area (Å²) in [4.78, 5) is 7.01. The molecule has 2 fully saturated rings. The van der Waals surface area contributed by atoms with Crippen molar-refractivity contribution < 1.29 is 0 Å². The fourth-order valence-electron chi connectivity index (χ4n) is 2.88. The fourth-order valence-corrected chi connectivity index (χ4v) is 3.48. The molecule has 1 saturated heterocycles. The third-order valence-corrected chi connectivity index (χ3v) is 4.57. The Morgan fingerprint density at radius 2 is 2.41 bits per heavy atom. The first-order chi connectivity index (χ1) is 8.33. The molecule has 2 aliphatic rings. The van der Waals surface area contributed by atoms with Gasteiger partial charge in [0.15, 0.2) is 0 Å². The number of hydrogen-bond donors (Lipinski definition) is 1. The van der Waals surface area contributed by atoms with Crippen molar-refractivity contribution in [3.8, 4) is 0 Å². The van der Waals surface area contributed by atoms with Gasteiger partial charge in [0, 0.05) is 43.0 Å². The van der Waals surface area contributed by atoms with Gasteiger partial charge in [-0.05, 0) is 26.2 Å². The summed E-state index contributed by atoms with van der Waals surface area (Å²) in [6, 6.07) is 2.39. The normalized spacial score (nSPS) is 29.9. The van der Waals surface area contributed by atoms with Crippen LogP contribution in [-0.4, -0.2) is 41.1 Å². The van der Waals surface area contributed by atoms with Crippen molar-refractivity contribution >= 4 is 11.3 Å². The van der Waals surface area contributed by atoms with Gasteiger partial charge in [-0.2, -0.15) is 0 Å². The van der Waals surface area contributed by atoms with E-state index in [2.05, 4.69) is 27.5 Å². The van der Waals surface area contributed by atoms with E-state index in [4.69, 9.17) is 0 Å². The van der Waals surface area contributed by atoms with Crippen molar-refractivity contribution in [1.82, 2.24) is 15.2 Å². The van der Waals surface area contributed by atoms with Crippen LogP contribution in [0.2, 0.25) is 0 Å². The van der Waals surface area contributed by atoms with E-state index in [0.29, 0.717) is 6.04 Å². The Labute approximate surface area is 107 Å². The van der Waals surface area contributed by atoms with E-state index in [1.165, 1.54) is 31.5 Å². The van der Waals surface area contributed by atoms with Crippen LogP contribution in [0.3, 0.4) is 0 Å². The number of nitrogens with one attached hydrogen (secondary N) is 1. The minimum atomic E-state index is 0.698. The van der Waals surface area contributed by atoms with E-state index in [1.54, 1.807) is 11.3 Å². The van der Waals surface area contributed by atoms with Gasteiger partial charge in [-0.1, -0.05) is 0 Å². The first-order valence-electron chi connectivity index (χ1n) is 6.69. The van der Waals surface area contributed by atoms with Crippen molar-refractivity contribution in [3.05, 3.63) is 16.6 Å². The topological polar surface area (TPSA) is 28.2 Å². The molecule has 2 atom stereocenters. The molecule has 2 unspecified atom stereocenters. The summed E-state index contributed by atoms with van der Waals surface area (Å²) in [5.41, 5.74) is 3.15. The maximum atomic E-state index is 4.32. The highest BCUT2D eigenvalue weighted by atomic mass is 32.1. The minimum Gasteiger partial charge on any atom is -0.312 e. The molecule has 0 spiro atoms. The van der Waals surface area contributed by atoms with E-state index >= 15 is 0 Å². The van der Waals surface area contributed by atoms with Gasteiger partial charge in [0.2, 0.25) is 0 Å². The predicted octanol–water partition coefficient (Wildman–Crippen LogP) is 1.90. The molecule has 0 radical (unpaired) electrons. The highest BCUT2D eigenvalue weighted by Gasteiger charge is 2.38. The number of hydrogen-bond acceptors (Lipinski definition) is 4. The largest absolute Gasteiger partial charge is 0.312 e. The molecule has 2 heterocycles. The molecule has 3 nitrogen and oxygen atoms in total. The molecule has 94 valence electrons. The third-order valence-electron chi connectivity index (χ3n) is 3.94. The average Bonchev–Trinajstić information content (AvgIpc) is 2.89. The average molecular weight is 251 g/mol. The van der Waals surface area contributed by atoms with Gasteiger partial charge >= 0.3 is 0 Å². The molecule has 1 saturated carbocycles. The van der Waals surface area contributed by atoms with Crippen molar-refractivity contribution in [2.75, 3.05) is 13.1 Å². The Morgan fingerprint density at radius 1 is 1.53 bits per heavy atom. The summed E-state index contributed by atoms with van der Waals surface area (Å²) in [5.74, 6) is 0. The van der Waals surface area contributed by atoms with E-state index in [0.717, 1.165) is 25.0 Å². The maximum absolute atomic E-state index is 4.32. The Bertz CT molecular complexity index is 348. The summed E-state index contributed by atoms with van der Waals surface area (Å²) in [7, 11) is 0. The fraction of sp³-hybridized carbons (Fsp3) is 0.769. The Kier molecular flexibility index (Phi) is 3.45. The standard InChI is InChI=1S/C13H21N3S/c1-10-6-12(7-16(10)13-2-3-13)14-5-4-11-8-17-9-15-11/h8-10,12-14H,2-7H2,1H3. The van der Waals surface area contributed by atoms with Gasteiger partial charge in [-0.15, -0.1) is 11.3 Å². The van der Waals surface area contributed by atoms with Crippen LogP contribution in [0.15, 0.2) is 10.9 Å². The summed E-state index contributed by atoms with van der Waals surface area (Å²) in [6.07, 6.45) is 5.23. The predicted molar refractivity (Wildman–Crippen MR) is 71.4 cm³/mol. The van der Waals surface area contributed by atoms with Gasteiger partial charge in [-0.25, -0.2) is 4.98 Å². The lowest BCUT2D eigenvalue weighted by Gasteiger charge is -2.19. The van der Waals surface area contributed by atoms with Crippen LogP contribution in [0.25, 0.3) is 0 Å². The minimum absolute atomic E-state index is 0.698.